The van der Waals surface area contributed by atoms with Gasteiger partial charge in [0.05, 0.1) is 0 Å². The van der Waals surface area contributed by atoms with Crippen LogP contribution >= 0.6 is 0 Å². The fourth-order valence-corrected chi connectivity index (χ4v) is 4.34. The summed E-state index contributed by atoms with van der Waals surface area (Å²) in [4.78, 5) is 2.32. The van der Waals surface area contributed by atoms with Crippen molar-refractivity contribution in [2.24, 2.45) is 0 Å². The molecular formula is C33H29N. The zero-order valence-corrected chi connectivity index (χ0v) is 19.7. The molecule has 166 valence electrons. The van der Waals surface area contributed by atoms with Crippen molar-refractivity contribution in [3.05, 3.63) is 139 Å². The van der Waals surface area contributed by atoms with Gasteiger partial charge in [-0.2, -0.15) is 0 Å². The number of para-hydroxylation sites is 1. The topological polar surface area (TPSA) is 3.24 Å². The molecule has 0 fully saturated rings. The summed E-state index contributed by atoms with van der Waals surface area (Å²) < 4.78 is 0. The fraction of sp³-hybridized carbons (Fsp3) is 0.0909. The zero-order valence-electron chi connectivity index (χ0n) is 19.7. The van der Waals surface area contributed by atoms with E-state index in [1.54, 1.807) is 0 Å². The van der Waals surface area contributed by atoms with Crippen LogP contribution in [0.3, 0.4) is 0 Å². The van der Waals surface area contributed by atoms with Crippen LogP contribution in [0.15, 0.2) is 133 Å². The van der Waals surface area contributed by atoms with E-state index in [2.05, 4.69) is 152 Å². The first-order valence-corrected chi connectivity index (χ1v) is 11.9. The first-order chi connectivity index (χ1) is 16.7. The molecule has 1 heteroatoms. The summed E-state index contributed by atoms with van der Waals surface area (Å²) in [5, 5.41) is 0. The second-order valence-corrected chi connectivity index (χ2v) is 8.91. The summed E-state index contributed by atoms with van der Waals surface area (Å²) in [6.45, 7) is 4.47. The summed E-state index contributed by atoms with van der Waals surface area (Å²) in [7, 11) is 0. The Balaban J connectivity index is 1.54. The van der Waals surface area contributed by atoms with E-state index in [4.69, 9.17) is 0 Å². The maximum absolute atomic E-state index is 2.32. The predicted molar refractivity (Wildman–Crippen MR) is 146 cm³/mol. The van der Waals surface area contributed by atoms with Crippen LogP contribution in [-0.4, -0.2) is 0 Å². The van der Waals surface area contributed by atoms with Crippen LogP contribution in [0, 0.1) is 0 Å². The van der Waals surface area contributed by atoms with E-state index in [9.17, 15) is 0 Å². The molecule has 0 N–H and O–H groups in total. The lowest BCUT2D eigenvalue weighted by Crippen LogP contribution is -2.09. The van der Waals surface area contributed by atoms with Crippen LogP contribution in [0.5, 0.6) is 0 Å². The van der Waals surface area contributed by atoms with Crippen molar-refractivity contribution in [1.29, 1.82) is 0 Å². The van der Waals surface area contributed by atoms with Gasteiger partial charge in [-0.05, 0) is 70.1 Å². The van der Waals surface area contributed by atoms with Crippen LogP contribution in [-0.2, 0) is 0 Å². The largest absolute Gasteiger partial charge is 0.310 e. The third-order valence-electron chi connectivity index (χ3n) is 6.26. The Hall–Kier alpha value is -4.10. The minimum absolute atomic E-state index is 0.535. The summed E-state index contributed by atoms with van der Waals surface area (Å²) >= 11 is 0. The molecule has 5 rings (SSSR count). The Morgan fingerprint density at radius 1 is 0.412 bits per heavy atom. The molecule has 34 heavy (non-hydrogen) atoms. The highest BCUT2D eigenvalue weighted by Gasteiger charge is 2.13. The number of rotatable bonds is 6. The molecule has 5 aromatic carbocycles. The standard InChI is InChI=1S/C33H29N/c1-25(2)26-16-18-29(19-17-26)30-12-9-15-33(24-30)34(31-13-7-4-8-14-31)32-22-20-28(21-23-32)27-10-5-3-6-11-27/h3-25H,1-2H3. The van der Waals surface area contributed by atoms with Gasteiger partial charge in [-0.1, -0.05) is 111 Å². The first kappa shape index (κ1) is 21.7. The molecule has 0 bridgehead atoms. The zero-order chi connectivity index (χ0) is 23.3. The summed E-state index contributed by atoms with van der Waals surface area (Å²) in [6.07, 6.45) is 0. The number of nitrogens with zero attached hydrogens (tertiary/aromatic N) is 1. The molecule has 0 unspecified atom stereocenters. The molecule has 5 aromatic rings. The van der Waals surface area contributed by atoms with Gasteiger partial charge in [0.15, 0.2) is 0 Å². The molecular weight excluding hydrogens is 410 g/mol. The van der Waals surface area contributed by atoms with Crippen LogP contribution in [0.1, 0.15) is 25.3 Å². The van der Waals surface area contributed by atoms with Crippen LogP contribution in [0.25, 0.3) is 22.3 Å². The van der Waals surface area contributed by atoms with Crippen molar-refractivity contribution in [1.82, 2.24) is 0 Å². The number of anilines is 3. The number of benzene rings is 5. The fourth-order valence-electron chi connectivity index (χ4n) is 4.34. The third kappa shape index (κ3) is 4.65. The van der Waals surface area contributed by atoms with E-state index >= 15 is 0 Å². The number of hydrogen-bond acceptors (Lipinski definition) is 1. The highest BCUT2D eigenvalue weighted by Crippen LogP contribution is 2.37. The van der Waals surface area contributed by atoms with E-state index in [1.807, 2.05) is 0 Å². The van der Waals surface area contributed by atoms with Crippen molar-refractivity contribution in [2.45, 2.75) is 19.8 Å². The monoisotopic (exact) mass is 439 g/mol. The minimum atomic E-state index is 0.535. The summed E-state index contributed by atoms with van der Waals surface area (Å²) in [6, 6.07) is 47.7. The second kappa shape index (κ2) is 9.80. The van der Waals surface area contributed by atoms with Gasteiger partial charge in [0.2, 0.25) is 0 Å². The molecule has 0 aliphatic heterocycles. The lowest BCUT2D eigenvalue weighted by Gasteiger charge is -2.26. The second-order valence-electron chi connectivity index (χ2n) is 8.91. The van der Waals surface area contributed by atoms with E-state index in [-0.39, 0.29) is 0 Å². The van der Waals surface area contributed by atoms with Gasteiger partial charge in [0.25, 0.3) is 0 Å². The van der Waals surface area contributed by atoms with Gasteiger partial charge < -0.3 is 4.90 Å². The SMILES string of the molecule is CC(C)c1ccc(-c2cccc(N(c3ccccc3)c3ccc(-c4ccccc4)cc3)c2)cc1. The van der Waals surface area contributed by atoms with Gasteiger partial charge in [0, 0.05) is 17.1 Å². The van der Waals surface area contributed by atoms with Gasteiger partial charge in [0.1, 0.15) is 0 Å². The van der Waals surface area contributed by atoms with E-state index < -0.39 is 0 Å². The predicted octanol–water partition coefficient (Wildman–Crippen LogP) is 9.61. The highest BCUT2D eigenvalue weighted by atomic mass is 15.1. The molecule has 0 aromatic heterocycles. The molecule has 0 saturated heterocycles. The maximum atomic E-state index is 2.32. The van der Waals surface area contributed by atoms with E-state index in [0.717, 1.165) is 17.1 Å². The summed E-state index contributed by atoms with van der Waals surface area (Å²) in [5.41, 5.74) is 9.69. The molecule has 0 amide bonds. The lowest BCUT2D eigenvalue weighted by atomic mass is 9.98. The Morgan fingerprint density at radius 3 is 1.53 bits per heavy atom. The maximum Gasteiger partial charge on any atom is 0.0467 e. The average Bonchev–Trinajstić information content (AvgIpc) is 2.91. The Morgan fingerprint density at radius 2 is 0.882 bits per heavy atom. The van der Waals surface area contributed by atoms with E-state index in [1.165, 1.54) is 27.8 Å². The highest BCUT2D eigenvalue weighted by molar-refractivity contribution is 5.81. The Bertz CT molecular complexity index is 1340. The van der Waals surface area contributed by atoms with Crippen LogP contribution in [0.4, 0.5) is 17.1 Å². The molecule has 0 heterocycles. The van der Waals surface area contributed by atoms with Crippen molar-refractivity contribution in [2.75, 3.05) is 4.90 Å². The molecule has 1 nitrogen and oxygen atoms in total. The average molecular weight is 440 g/mol. The van der Waals surface area contributed by atoms with Crippen molar-refractivity contribution in [3.63, 3.8) is 0 Å². The molecule has 0 spiro atoms. The Kier molecular flexibility index (Phi) is 6.27. The molecule has 0 saturated carbocycles. The minimum Gasteiger partial charge on any atom is -0.310 e. The van der Waals surface area contributed by atoms with Crippen molar-refractivity contribution in [3.8, 4) is 22.3 Å². The third-order valence-corrected chi connectivity index (χ3v) is 6.26. The first-order valence-electron chi connectivity index (χ1n) is 11.9. The van der Waals surface area contributed by atoms with Gasteiger partial charge in [-0.25, -0.2) is 0 Å². The normalized spacial score (nSPS) is 10.9. The number of hydrogen-bond donors (Lipinski definition) is 0. The van der Waals surface area contributed by atoms with Crippen LogP contribution in [0.2, 0.25) is 0 Å². The summed E-state index contributed by atoms with van der Waals surface area (Å²) in [5.74, 6) is 0.535. The van der Waals surface area contributed by atoms with Gasteiger partial charge >= 0.3 is 0 Å². The van der Waals surface area contributed by atoms with Gasteiger partial charge in [-0.15, -0.1) is 0 Å². The molecule has 0 atom stereocenters. The van der Waals surface area contributed by atoms with E-state index in [0.29, 0.717) is 5.92 Å². The lowest BCUT2D eigenvalue weighted by molar-refractivity contribution is 0.867. The molecule has 0 aliphatic carbocycles. The smallest absolute Gasteiger partial charge is 0.0467 e. The van der Waals surface area contributed by atoms with Crippen molar-refractivity contribution >= 4 is 17.1 Å². The Labute approximate surface area is 203 Å². The van der Waals surface area contributed by atoms with Crippen LogP contribution < -0.4 is 4.90 Å². The molecule has 0 aliphatic rings. The molecule has 0 radical (unpaired) electrons. The quantitative estimate of drug-likeness (QED) is 0.254. The van der Waals surface area contributed by atoms with Gasteiger partial charge in [-0.3, -0.25) is 0 Å². The van der Waals surface area contributed by atoms with Crippen molar-refractivity contribution < 1.29 is 0 Å².